The van der Waals surface area contributed by atoms with Gasteiger partial charge in [0.25, 0.3) is 0 Å². The van der Waals surface area contributed by atoms with Crippen molar-refractivity contribution < 1.29 is 9.90 Å². The van der Waals surface area contributed by atoms with Crippen LogP contribution in [-0.2, 0) is 0 Å². The van der Waals surface area contributed by atoms with E-state index in [2.05, 4.69) is 51.4 Å². The first-order valence-corrected chi connectivity index (χ1v) is 18.7. The molecule has 0 aliphatic carbocycles. The Labute approximate surface area is 172 Å². The molecule has 4 heteroatoms. The number of amides is 1. The van der Waals surface area contributed by atoms with Gasteiger partial charge in [0.1, 0.15) is 0 Å². The molecule has 3 nitrogen and oxygen atoms in total. The van der Waals surface area contributed by atoms with E-state index in [4.69, 9.17) is 0 Å². The third-order valence-electron chi connectivity index (χ3n) is 6.41. The minimum absolute atomic E-state index is 0.160. The second kappa shape index (κ2) is 11.0. The summed E-state index contributed by atoms with van der Waals surface area (Å²) < 4.78 is 8.02. The Hall–Kier alpha value is -0.371. The molecule has 0 saturated carbocycles. The third kappa shape index (κ3) is 6.31. The molecule has 156 valence electrons. The molecule has 1 N–H and O–H groups in total. The van der Waals surface area contributed by atoms with Crippen LogP contribution in [0, 0.1) is 15.3 Å². The molecule has 1 aliphatic rings. The van der Waals surface area contributed by atoms with E-state index >= 15 is 0 Å². The van der Waals surface area contributed by atoms with Crippen LogP contribution in [0.1, 0.15) is 92.9 Å². The van der Waals surface area contributed by atoms with Gasteiger partial charge in [0, 0.05) is 0 Å². The van der Waals surface area contributed by atoms with Crippen molar-refractivity contribution in [1.82, 2.24) is 4.90 Å². The molecule has 0 bridgehead atoms. The molecule has 1 atom stereocenters. The van der Waals surface area contributed by atoms with Crippen LogP contribution < -0.4 is 0 Å². The summed E-state index contributed by atoms with van der Waals surface area (Å²) in [6, 6.07) is 0. The third-order valence-corrected chi connectivity index (χ3v) is 19.5. The van der Waals surface area contributed by atoms with Crippen LogP contribution >= 0.6 is 0 Å². The predicted molar refractivity (Wildman–Crippen MR) is 119 cm³/mol. The maximum atomic E-state index is 12.0. The molecule has 27 heavy (non-hydrogen) atoms. The molecule has 1 aliphatic heterocycles. The summed E-state index contributed by atoms with van der Waals surface area (Å²) in [6.07, 6.45) is 8.62. The quantitative estimate of drug-likeness (QED) is 0.285. The van der Waals surface area contributed by atoms with Crippen LogP contribution in [0.3, 0.4) is 0 Å². The first kappa shape index (κ1) is 24.7. The zero-order valence-electron chi connectivity index (χ0n) is 18.8. The average molecular weight is 484 g/mol. The summed E-state index contributed by atoms with van der Waals surface area (Å²) in [4.78, 5) is 13.6. The van der Waals surface area contributed by atoms with Gasteiger partial charge in [-0.05, 0) is 0 Å². The van der Waals surface area contributed by atoms with Crippen LogP contribution in [0.25, 0.3) is 0 Å². The SMILES string of the molecule is CCC[CH2][Sn]([C]#CC1(C(C)(C)C)CCCN1C(=O)O)([CH2]CCC)[CH2]CCC. The van der Waals surface area contributed by atoms with Crippen LogP contribution in [0.5, 0.6) is 0 Å². The van der Waals surface area contributed by atoms with E-state index in [1.165, 1.54) is 51.8 Å². The van der Waals surface area contributed by atoms with Crippen LogP contribution in [-0.4, -0.2) is 46.6 Å². The molecule has 0 aromatic rings. The molecule has 0 radical (unpaired) electrons. The molecular formula is C23H43NO2Sn. The Morgan fingerprint density at radius 1 is 1.04 bits per heavy atom. The standard InChI is InChI=1S/C11H16NO2.3C4H9.Sn/c1-5-11(10(2,3)4)7-6-8-12(11)9(13)14;3*1-3-4-2;/h6-8H2,2-4H3,(H,13,14);3*1,3-4H2,2H3;. The number of hydrogen-bond acceptors (Lipinski definition) is 1. The predicted octanol–water partition coefficient (Wildman–Crippen LogP) is 6.94. The van der Waals surface area contributed by atoms with E-state index in [0.717, 1.165) is 12.8 Å². The number of carbonyl (C=O) groups is 1. The zero-order valence-corrected chi connectivity index (χ0v) is 21.6. The number of nitrogens with zero attached hydrogens (tertiary/aromatic N) is 1. The summed E-state index contributed by atoms with van der Waals surface area (Å²) in [5.74, 6) is 3.72. The molecule has 0 aromatic heterocycles. The summed E-state index contributed by atoms with van der Waals surface area (Å²) >= 11 is -2.59. The van der Waals surface area contributed by atoms with Gasteiger partial charge in [-0.1, -0.05) is 0 Å². The van der Waals surface area contributed by atoms with Gasteiger partial charge in [-0.25, -0.2) is 0 Å². The fraction of sp³-hybridized carbons (Fsp3) is 0.870. The van der Waals surface area contributed by atoms with Gasteiger partial charge in [-0.3, -0.25) is 0 Å². The van der Waals surface area contributed by atoms with Gasteiger partial charge < -0.3 is 0 Å². The van der Waals surface area contributed by atoms with Crippen molar-refractivity contribution in [2.45, 2.75) is 112 Å². The van der Waals surface area contributed by atoms with E-state index < -0.39 is 30.0 Å². The van der Waals surface area contributed by atoms with E-state index in [-0.39, 0.29) is 5.41 Å². The van der Waals surface area contributed by atoms with Crippen molar-refractivity contribution in [3.63, 3.8) is 0 Å². The van der Waals surface area contributed by atoms with Crippen molar-refractivity contribution in [1.29, 1.82) is 0 Å². The van der Waals surface area contributed by atoms with Gasteiger partial charge in [0.05, 0.1) is 0 Å². The molecule has 1 rings (SSSR count). The second-order valence-corrected chi connectivity index (χ2v) is 21.8. The number of carboxylic acid groups (broad SMARTS) is 1. The zero-order chi connectivity index (χ0) is 20.6. The topological polar surface area (TPSA) is 40.5 Å². The fourth-order valence-corrected chi connectivity index (χ4v) is 17.9. The van der Waals surface area contributed by atoms with E-state index in [1.807, 2.05) is 0 Å². The summed E-state index contributed by atoms with van der Waals surface area (Å²) in [5, 5.41) is 9.84. The molecule has 0 spiro atoms. The van der Waals surface area contributed by atoms with Gasteiger partial charge in [0.15, 0.2) is 0 Å². The molecule has 1 unspecified atom stereocenters. The Balaban J connectivity index is 3.37. The van der Waals surface area contributed by atoms with Gasteiger partial charge in [-0.15, -0.1) is 0 Å². The van der Waals surface area contributed by atoms with Gasteiger partial charge >= 0.3 is 173 Å². The van der Waals surface area contributed by atoms with Crippen molar-refractivity contribution in [3.05, 3.63) is 0 Å². The first-order valence-electron chi connectivity index (χ1n) is 11.2. The molecule has 1 heterocycles. The van der Waals surface area contributed by atoms with Crippen LogP contribution in [0.15, 0.2) is 0 Å². The molecule has 0 aromatic carbocycles. The monoisotopic (exact) mass is 485 g/mol. The second-order valence-electron chi connectivity index (χ2n) is 9.49. The number of unbranched alkanes of at least 4 members (excludes halogenated alkanes) is 3. The van der Waals surface area contributed by atoms with Crippen molar-refractivity contribution in [2.75, 3.05) is 6.54 Å². The maximum absolute atomic E-state index is 12.0. The van der Waals surface area contributed by atoms with E-state index in [1.54, 1.807) is 4.90 Å². The summed E-state index contributed by atoms with van der Waals surface area (Å²) in [6.45, 7) is 14.0. The van der Waals surface area contributed by atoms with Gasteiger partial charge in [-0.2, -0.15) is 0 Å². The van der Waals surface area contributed by atoms with Crippen molar-refractivity contribution in [3.8, 4) is 9.86 Å². The molecule has 1 fully saturated rings. The Kier molecular flexibility index (Phi) is 10.0. The Morgan fingerprint density at radius 2 is 1.52 bits per heavy atom. The fourth-order valence-electron chi connectivity index (χ4n) is 4.52. The average Bonchev–Trinajstić information content (AvgIpc) is 3.06. The summed E-state index contributed by atoms with van der Waals surface area (Å²) in [5.41, 5.74) is -0.668. The normalized spacial score (nSPS) is 20.4. The number of likely N-dealkylation sites (tertiary alicyclic amines) is 1. The van der Waals surface area contributed by atoms with E-state index in [9.17, 15) is 9.90 Å². The molecule has 1 amide bonds. The van der Waals surface area contributed by atoms with Gasteiger partial charge in [0.2, 0.25) is 0 Å². The number of rotatable bonds is 9. The molecular weight excluding hydrogens is 441 g/mol. The Bertz CT molecular complexity index is 507. The summed E-state index contributed by atoms with van der Waals surface area (Å²) in [7, 11) is 0. The minimum atomic E-state index is -2.59. The Morgan fingerprint density at radius 3 is 1.89 bits per heavy atom. The van der Waals surface area contributed by atoms with Crippen molar-refractivity contribution >= 4 is 24.5 Å². The first-order chi connectivity index (χ1) is 12.7. The van der Waals surface area contributed by atoms with E-state index in [0.29, 0.717) is 6.54 Å². The number of hydrogen-bond donors (Lipinski definition) is 1. The van der Waals surface area contributed by atoms with Crippen LogP contribution in [0.2, 0.25) is 13.3 Å². The van der Waals surface area contributed by atoms with Crippen LogP contribution in [0.4, 0.5) is 4.79 Å². The van der Waals surface area contributed by atoms with Crippen molar-refractivity contribution in [2.24, 2.45) is 5.41 Å². The molecule has 1 saturated heterocycles.